The molecule has 192 valence electrons. The third kappa shape index (κ3) is 5.51. The van der Waals surface area contributed by atoms with Gasteiger partial charge in [0.05, 0.1) is 24.6 Å². The minimum atomic E-state index is -1.09. The highest BCUT2D eigenvalue weighted by atomic mass is 35.5. The molecule has 2 amide bonds. The standard InChI is InChI=1S/C24H32N4O5S.ClH/c1-12-20-19(13(2)29)23(31)28(20)21(24(32)33)22(12)34-16-9-17(27-10-16)15-5-3-14(4-6-15)7-8-26-11-18(25)30;/h3-6,12-13,16-17,19-20,26-27,29H,7-11H2,1-2H3,(H2,25,30)(H,32,33);1H/t12-,13-,16+,17-,19-,20-;/m1./s1. The average Bonchev–Trinajstić information content (AvgIpc) is 3.33. The molecule has 0 aromatic heterocycles. The SMILES string of the molecule is C[C@@H](O)[C@H]1C(=O)N2C(C(=O)O)=C(S[C@@H]3CN[C@@H](c4ccc(CCNCC(N)=O)cc4)C3)[C@H](C)[C@H]12.Cl. The Bertz CT molecular complexity index is 1000. The summed E-state index contributed by atoms with van der Waals surface area (Å²) in [6, 6.07) is 8.27. The quantitative estimate of drug-likeness (QED) is 0.225. The molecular weight excluding hydrogens is 492 g/mol. The molecule has 0 unspecified atom stereocenters. The fraction of sp³-hybridized carbons (Fsp3) is 0.542. The Balaban J connectivity index is 0.00000342. The van der Waals surface area contributed by atoms with Crippen molar-refractivity contribution in [3.05, 3.63) is 46.0 Å². The highest BCUT2D eigenvalue weighted by molar-refractivity contribution is 8.03. The number of aliphatic hydroxyl groups excluding tert-OH is 1. The number of rotatable bonds is 10. The molecule has 35 heavy (non-hydrogen) atoms. The van der Waals surface area contributed by atoms with Crippen LogP contribution in [0.4, 0.5) is 0 Å². The van der Waals surface area contributed by atoms with Gasteiger partial charge in [0, 0.05) is 28.7 Å². The number of nitrogens with zero attached hydrogens (tertiary/aromatic N) is 1. The Labute approximate surface area is 215 Å². The second-order valence-electron chi connectivity index (χ2n) is 9.34. The zero-order valence-electron chi connectivity index (χ0n) is 19.8. The molecule has 0 spiro atoms. The first-order chi connectivity index (χ1) is 16.2. The van der Waals surface area contributed by atoms with Crippen molar-refractivity contribution in [2.45, 2.75) is 50.1 Å². The molecule has 0 aliphatic carbocycles. The minimum absolute atomic E-state index is 0. The molecule has 6 atom stereocenters. The molecule has 3 heterocycles. The number of carbonyl (C=O) groups excluding carboxylic acids is 2. The molecule has 0 saturated carbocycles. The number of halogens is 1. The number of hydrogen-bond donors (Lipinski definition) is 5. The molecule has 6 N–H and O–H groups in total. The number of nitrogens with one attached hydrogen (secondary N) is 2. The van der Waals surface area contributed by atoms with Crippen LogP contribution >= 0.6 is 24.2 Å². The largest absolute Gasteiger partial charge is 0.477 e. The smallest absolute Gasteiger partial charge is 0.353 e. The van der Waals surface area contributed by atoms with E-state index in [1.165, 1.54) is 16.0 Å². The molecule has 0 bridgehead atoms. The molecule has 1 aromatic rings. The fourth-order valence-corrected chi connectivity index (χ4v) is 6.74. The van der Waals surface area contributed by atoms with E-state index in [-0.39, 0.29) is 59.7 Å². The highest BCUT2D eigenvalue weighted by Crippen LogP contribution is 2.52. The van der Waals surface area contributed by atoms with E-state index in [0.717, 1.165) is 24.3 Å². The number of β-lactam (4-membered cyclic amide) rings is 1. The number of nitrogens with two attached hydrogens (primary N) is 1. The Morgan fingerprint density at radius 1 is 1.31 bits per heavy atom. The Morgan fingerprint density at radius 2 is 2.00 bits per heavy atom. The number of carboxylic acids is 1. The summed E-state index contributed by atoms with van der Waals surface area (Å²) in [4.78, 5) is 37.4. The molecule has 0 radical (unpaired) electrons. The van der Waals surface area contributed by atoms with Crippen LogP contribution in [0.2, 0.25) is 0 Å². The molecule has 2 saturated heterocycles. The van der Waals surface area contributed by atoms with Gasteiger partial charge in [-0.25, -0.2) is 4.79 Å². The zero-order chi connectivity index (χ0) is 24.6. The van der Waals surface area contributed by atoms with Gasteiger partial charge in [0.2, 0.25) is 11.8 Å². The van der Waals surface area contributed by atoms with Gasteiger partial charge in [0.15, 0.2) is 0 Å². The lowest BCUT2D eigenvalue weighted by atomic mass is 9.79. The van der Waals surface area contributed by atoms with Crippen LogP contribution in [0, 0.1) is 11.8 Å². The van der Waals surface area contributed by atoms with E-state index >= 15 is 0 Å². The first kappa shape index (κ1) is 27.5. The van der Waals surface area contributed by atoms with E-state index in [9.17, 15) is 24.6 Å². The van der Waals surface area contributed by atoms with Crippen molar-refractivity contribution in [3.8, 4) is 0 Å². The van der Waals surface area contributed by atoms with Crippen LogP contribution in [0.15, 0.2) is 34.9 Å². The predicted molar refractivity (Wildman–Crippen MR) is 136 cm³/mol. The minimum Gasteiger partial charge on any atom is -0.477 e. The average molecular weight is 525 g/mol. The highest BCUT2D eigenvalue weighted by Gasteiger charge is 2.60. The summed E-state index contributed by atoms with van der Waals surface area (Å²) in [5, 5.41) is 26.6. The Hall–Kier alpha value is -2.11. The molecule has 11 heteroatoms. The second kappa shape index (κ2) is 11.3. The number of carbonyl (C=O) groups is 3. The second-order valence-corrected chi connectivity index (χ2v) is 10.7. The van der Waals surface area contributed by atoms with E-state index < -0.39 is 18.0 Å². The summed E-state index contributed by atoms with van der Waals surface area (Å²) in [7, 11) is 0. The topological polar surface area (TPSA) is 145 Å². The van der Waals surface area contributed by atoms with E-state index in [1.54, 1.807) is 18.7 Å². The normalized spacial score (nSPS) is 28.4. The van der Waals surface area contributed by atoms with Gasteiger partial charge in [0.25, 0.3) is 0 Å². The first-order valence-electron chi connectivity index (χ1n) is 11.7. The molecule has 3 aliphatic heterocycles. The van der Waals surface area contributed by atoms with Crippen molar-refractivity contribution < 1.29 is 24.6 Å². The maximum atomic E-state index is 12.5. The summed E-state index contributed by atoms with van der Waals surface area (Å²) in [6.45, 7) is 5.14. The van der Waals surface area contributed by atoms with Crippen molar-refractivity contribution in [2.24, 2.45) is 17.6 Å². The van der Waals surface area contributed by atoms with Gasteiger partial charge in [-0.15, -0.1) is 24.2 Å². The number of carboxylic acid groups (broad SMARTS) is 1. The third-order valence-corrected chi connectivity index (χ3v) is 8.48. The van der Waals surface area contributed by atoms with Gasteiger partial charge in [-0.3, -0.25) is 9.59 Å². The van der Waals surface area contributed by atoms with Crippen LogP contribution in [0.5, 0.6) is 0 Å². The fourth-order valence-electron chi connectivity index (χ4n) is 5.27. The third-order valence-electron chi connectivity index (χ3n) is 6.97. The molecular formula is C24H33ClN4O5S. The molecule has 9 nitrogen and oxygen atoms in total. The number of amides is 2. The summed E-state index contributed by atoms with van der Waals surface area (Å²) in [6.07, 6.45) is 0.860. The lowest BCUT2D eigenvalue weighted by Crippen LogP contribution is -2.63. The van der Waals surface area contributed by atoms with Crippen LogP contribution in [-0.2, 0) is 20.8 Å². The van der Waals surface area contributed by atoms with Gasteiger partial charge in [-0.1, -0.05) is 31.2 Å². The maximum absolute atomic E-state index is 12.5. The van der Waals surface area contributed by atoms with Crippen molar-refractivity contribution in [1.29, 1.82) is 0 Å². The van der Waals surface area contributed by atoms with E-state index in [0.29, 0.717) is 6.54 Å². The Morgan fingerprint density at radius 3 is 2.60 bits per heavy atom. The van der Waals surface area contributed by atoms with Crippen LogP contribution in [0.25, 0.3) is 0 Å². The van der Waals surface area contributed by atoms with Gasteiger partial charge in [-0.05, 0) is 37.4 Å². The first-order valence-corrected chi connectivity index (χ1v) is 12.5. The lowest BCUT2D eigenvalue weighted by Gasteiger charge is -2.46. The van der Waals surface area contributed by atoms with Crippen molar-refractivity contribution >= 4 is 42.0 Å². The van der Waals surface area contributed by atoms with Crippen LogP contribution in [0.1, 0.15) is 37.4 Å². The molecule has 2 fully saturated rings. The van der Waals surface area contributed by atoms with E-state index in [4.69, 9.17) is 5.73 Å². The summed E-state index contributed by atoms with van der Waals surface area (Å²) >= 11 is 1.55. The van der Waals surface area contributed by atoms with Gasteiger partial charge >= 0.3 is 5.97 Å². The van der Waals surface area contributed by atoms with Gasteiger partial charge in [0.1, 0.15) is 5.70 Å². The number of aliphatic carboxylic acids is 1. The van der Waals surface area contributed by atoms with Crippen LogP contribution in [-0.4, -0.2) is 69.9 Å². The summed E-state index contributed by atoms with van der Waals surface area (Å²) in [5.41, 5.74) is 7.56. The Kier molecular flexibility index (Phi) is 8.87. The van der Waals surface area contributed by atoms with Crippen LogP contribution < -0.4 is 16.4 Å². The summed E-state index contributed by atoms with van der Waals surface area (Å²) < 4.78 is 0. The maximum Gasteiger partial charge on any atom is 0.353 e. The van der Waals surface area contributed by atoms with E-state index in [1.807, 2.05) is 6.92 Å². The number of hydrogen-bond acceptors (Lipinski definition) is 7. The monoisotopic (exact) mass is 524 g/mol. The number of fused-ring (bicyclic) bond motifs is 1. The van der Waals surface area contributed by atoms with Crippen molar-refractivity contribution in [1.82, 2.24) is 15.5 Å². The number of aliphatic hydroxyl groups is 1. The van der Waals surface area contributed by atoms with Crippen LogP contribution in [0.3, 0.4) is 0 Å². The zero-order valence-corrected chi connectivity index (χ0v) is 21.4. The van der Waals surface area contributed by atoms with Crippen molar-refractivity contribution in [2.75, 3.05) is 19.6 Å². The molecule has 4 rings (SSSR count). The van der Waals surface area contributed by atoms with Gasteiger partial charge < -0.3 is 31.5 Å². The van der Waals surface area contributed by atoms with Gasteiger partial charge in [-0.2, -0.15) is 0 Å². The number of benzene rings is 1. The lowest BCUT2D eigenvalue weighted by molar-refractivity contribution is -0.163. The number of primary amides is 1. The summed E-state index contributed by atoms with van der Waals surface area (Å²) in [5.74, 6) is -2.41. The predicted octanol–water partition coefficient (Wildman–Crippen LogP) is 1.02. The van der Waals surface area contributed by atoms with Crippen molar-refractivity contribution in [3.63, 3.8) is 0 Å². The molecule has 3 aliphatic rings. The molecule has 1 aromatic carbocycles. The number of thioether (sulfide) groups is 1. The van der Waals surface area contributed by atoms with E-state index in [2.05, 4.69) is 34.9 Å².